The Bertz CT molecular complexity index is 772. The summed E-state index contributed by atoms with van der Waals surface area (Å²) in [5.41, 5.74) is 0.662. The third kappa shape index (κ3) is 3.57. The van der Waals surface area contributed by atoms with Gasteiger partial charge in [-0.1, -0.05) is 12.1 Å². The Balaban J connectivity index is 1.70. The minimum Gasteiger partial charge on any atom is -0.497 e. The van der Waals surface area contributed by atoms with Gasteiger partial charge in [0.05, 0.1) is 25.8 Å². The van der Waals surface area contributed by atoms with E-state index in [0.29, 0.717) is 22.9 Å². The summed E-state index contributed by atoms with van der Waals surface area (Å²) in [6.07, 6.45) is 0.118. The zero-order valence-corrected chi connectivity index (χ0v) is 14.1. The molecule has 0 aliphatic carbocycles. The van der Waals surface area contributed by atoms with Crippen LogP contribution in [0.15, 0.2) is 48.5 Å². The van der Waals surface area contributed by atoms with Gasteiger partial charge in [0.25, 0.3) is 0 Å². The Labute approximate surface area is 145 Å². The van der Waals surface area contributed by atoms with Gasteiger partial charge in [-0.15, -0.1) is 0 Å². The van der Waals surface area contributed by atoms with Crippen LogP contribution in [0.1, 0.15) is 6.42 Å². The zero-order valence-electron chi connectivity index (χ0n) is 14.1. The number of anilines is 1. The smallest absolute Gasteiger partial charge is 0.316 e. The van der Waals surface area contributed by atoms with E-state index in [0.717, 1.165) is 0 Å². The number of carbonyl (C=O) groups is 2. The maximum atomic E-state index is 12.4. The van der Waals surface area contributed by atoms with Crippen molar-refractivity contribution in [1.29, 1.82) is 0 Å². The quantitative estimate of drug-likeness (QED) is 0.618. The maximum Gasteiger partial charge on any atom is 0.316 e. The summed E-state index contributed by atoms with van der Waals surface area (Å²) in [7, 11) is 3.12. The standard InChI is InChI=1S/C19H19NO5/c1-23-14-7-9-15(10-8-14)25-19(22)13-11-18(21)20(12-13)16-5-3-4-6-17(16)24-2/h3-10,13H,11-12H2,1-2H3/t13-/m0/s1. The van der Waals surface area contributed by atoms with E-state index in [1.165, 1.54) is 0 Å². The van der Waals surface area contributed by atoms with Crippen molar-refractivity contribution in [1.82, 2.24) is 0 Å². The number of para-hydroxylation sites is 2. The van der Waals surface area contributed by atoms with E-state index >= 15 is 0 Å². The number of hydrogen-bond acceptors (Lipinski definition) is 5. The molecular weight excluding hydrogens is 322 g/mol. The van der Waals surface area contributed by atoms with Gasteiger partial charge in [-0.25, -0.2) is 0 Å². The summed E-state index contributed by atoms with van der Waals surface area (Å²) < 4.78 is 15.7. The van der Waals surface area contributed by atoms with E-state index in [-0.39, 0.29) is 18.9 Å². The molecule has 0 spiro atoms. The van der Waals surface area contributed by atoms with Gasteiger partial charge in [-0.2, -0.15) is 0 Å². The molecule has 1 fully saturated rings. The number of nitrogens with zero attached hydrogens (tertiary/aromatic N) is 1. The molecular formula is C19H19NO5. The lowest BCUT2D eigenvalue weighted by molar-refractivity contribution is -0.139. The van der Waals surface area contributed by atoms with Crippen LogP contribution in [-0.4, -0.2) is 32.6 Å². The first-order chi connectivity index (χ1) is 12.1. The molecule has 1 amide bonds. The first kappa shape index (κ1) is 16.8. The molecule has 6 nitrogen and oxygen atoms in total. The predicted molar refractivity (Wildman–Crippen MR) is 92.1 cm³/mol. The third-order valence-electron chi connectivity index (χ3n) is 4.11. The number of methoxy groups -OCH3 is 2. The minimum absolute atomic E-state index is 0.118. The molecule has 0 saturated carbocycles. The molecule has 0 bridgehead atoms. The summed E-state index contributed by atoms with van der Waals surface area (Å²) in [6.45, 7) is 0.272. The average Bonchev–Trinajstić information content (AvgIpc) is 3.04. The number of ether oxygens (including phenoxy) is 3. The van der Waals surface area contributed by atoms with Crippen LogP contribution in [0.3, 0.4) is 0 Å². The van der Waals surface area contributed by atoms with Gasteiger partial charge in [0.2, 0.25) is 5.91 Å². The zero-order chi connectivity index (χ0) is 17.8. The van der Waals surface area contributed by atoms with Gasteiger partial charge in [-0.3, -0.25) is 9.59 Å². The monoisotopic (exact) mass is 341 g/mol. The van der Waals surface area contributed by atoms with Crippen molar-refractivity contribution in [2.45, 2.75) is 6.42 Å². The SMILES string of the molecule is COc1ccc(OC(=O)[C@H]2CC(=O)N(c3ccccc3OC)C2)cc1. The van der Waals surface area contributed by atoms with Crippen LogP contribution in [0.2, 0.25) is 0 Å². The number of carbonyl (C=O) groups excluding carboxylic acids is 2. The third-order valence-corrected chi connectivity index (χ3v) is 4.11. The molecule has 1 saturated heterocycles. The number of hydrogen-bond donors (Lipinski definition) is 0. The van der Waals surface area contributed by atoms with Gasteiger partial charge in [0.15, 0.2) is 0 Å². The molecule has 0 aromatic heterocycles. The molecule has 2 aromatic rings. The summed E-state index contributed by atoms with van der Waals surface area (Å²) in [5.74, 6) is 0.642. The Morgan fingerprint density at radius 1 is 1.00 bits per heavy atom. The maximum absolute atomic E-state index is 12.4. The molecule has 25 heavy (non-hydrogen) atoms. The van der Waals surface area contributed by atoms with Crippen molar-refractivity contribution < 1.29 is 23.8 Å². The molecule has 1 heterocycles. The summed E-state index contributed by atoms with van der Waals surface area (Å²) in [6, 6.07) is 14.0. The average molecular weight is 341 g/mol. The molecule has 2 aromatic carbocycles. The second-order valence-corrected chi connectivity index (χ2v) is 5.67. The highest BCUT2D eigenvalue weighted by Gasteiger charge is 2.37. The summed E-state index contributed by atoms with van der Waals surface area (Å²) in [5, 5.41) is 0. The highest BCUT2D eigenvalue weighted by molar-refractivity contribution is 6.00. The van der Waals surface area contributed by atoms with Crippen LogP contribution in [0.4, 0.5) is 5.69 Å². The summed E-state index contributed by atoms with van der Waals surface area (Å²) in [4.78, 5) is 26.3. The fourth-order valence-electron chi connectivity index (χ4n) is 2.79. The lowest BCUT2D eigenvalue weighted by Gasteiger charge is -2.19. The molecule has 6 heteroatoms. The van der Waals surface area contributed by atoms with Crippen molar-refractivity contribution in [3.8, 4) is 17.2 Å². The molecule has 0 unspecified atom stereocenters. The number of benzene rings is 2. The molecule has 1 aliphatic rings. The lowest BCUT2D eigenvalue weighted by Crippen LogP contribution is -2.27. The van der Waals surface area contributed by atoms with Gasteiger partial charge in [-0.05, 0) is 36.4 Å². The minimum atomic E-state index is -0.514. The van der Waals surface area contributed by atoms with Crippen LogP contribution in [0.25, 0.3) is 0 Å². The fraction of sp³-hybridized carbons (Fsp3) is 0.263. The van der Waals surface area contributed by atoms with Crippen molar-refractivity contribution in [2.24, 2.45) is 5.92 Å². The second-order valence-electron chi connectivity index (χ2n) is 5.67. The predicted octanol–water partition coefficient (Wildman–Crippen LogP) is 2.66. The van der Waals surface area contributed by atoms with Crippen LogP contribution >= 0.6 is 0 Å². The highest BCUT2D eigenvalue weighted by atomic mass is 16.5. The Hall–Kier alpha value is -3.02. The topological polar surface area (TPSA) is 65.1 Å². The Morgan fingerprint density at radius 3 is 2.36 bits per heavy atom. The number of rotatable bonds is 5. The number of esters is 1. The van der Waals surface area contributed by atoms with Crippen molar-refractivity contribution in [2.75, 3.05) is 25.7 Å². The molecule has 0 N–H and O–H groups in total. The number of amides is 1. The van der Waals surface area contributed by atoms with Crippen LogP contribution in [-0.2, 0) is 9.59 Å². The second kappa shape index (κ2) is 7.25. The van der Waals surface area contributed by atoms with E-state index in [1.807, 2.05) is 12.1 Å². The van der Waals surface area contributed by atoms with Gasteiger partial charge >= 0.3 is 5.97 Å². The first-order valence-electron chi connectivity index (χ1n) is 7.91. The molecule has 3 rings (SSSR count). The normalized spacial score (nSPS) is 16.6. The van der Waals surface area contributed by atoms with Crippen LogP contribution < -0.4 is 19.1 Å². The van der Waals surface area contributed by atoms with E-state index < -0.39 is 11.9 Å². The van der Waals surface area contributed by atoms with Crippen LogP contribution in [0, 0.1) is 5.92 Å². The van der Waals surface area contributed by atoms with Crippen molar-refractivity contribution in [3.63, 3.8) is 0 Å². The summed E-state index contributed by atoms with van der Waals surface area (Å²) >= 11 is 0. The van der Waals surface area contributed by atoms with Gasteiger partial charge < -0.3 is 19.1 Å². The van der Waals surface area contributed by atoms with E-state index in [9.17, 15) is 9.59 Å². The van der Waals surface area contributed by atoms with Gasteiger partial charge in [0, 0.05) is 13.0 Å². The van der Waals surface area contributed by atoms with E-state index in [2.05, 4.69) is 0 Å². The van der Waals surface area contributed by atoms with Crippen molar-refractivity contribution in [3.05, 3.63) is 48.5 Å². The largest absolute Gasteiger partial charge is 0.497 e. The molecule has 1 aliphatic heterocycles. The fourth-order valence-corrected chi connectivity index (χ4v) is 2.79. The highest BCUT2D eigenvalue weighted by Crippen LogP contribution is 2.33. The van der Waals surface area contributed by atoms with E-state index in [4.69, 9.17) is 14.2 Å². The van der Waals surface area contributed by atoms with Gasteiger partial charge in [0.1, 0.15) is 17.2 Å². The molecule has 0 radical (unpaired) electrons. The lowest BCUT2D eigenvalue weighted by atomic mass is 10.1. The molecule has 130 valence electrons. The molecule has 1 atom stereocenters. The van der Waals surface area contributed by atoms with E-state index in [1.54, 1.807) is 55.5 Å². The Morgan fingerprint density at radius 2 is 1.68 bits per heavy atom. The Kier molecular flexibility index (Phi) is 4.88. The van der Waals surface area contributed by atoms with Crippen LogP contribution in [0.5, 0.6) is 17.2 Å². The van der Waals surface area contributed by atoms with Crippen molar-refractivity contribution >= 4 is 17.6 Å². The first-order valence-corrected chi connectivity index (χ1v) is 7.91.